The van der Waals surface area contributed by atoms with Crippen molar-refractivity contribution in [3.05, 3.63) is 89.5 Å². The summed E-state index contributed by atoms with van der Waals surface area (Å²) in [6.45, 7) is 12.6. The van der Waals surface area contributed by atoms with E-state index in [0.29, 0.717) is 56.1 Å². The predicted octanol–water partition coefficient (Wildman–Crippen LogP) is 7.51. The molecule has 0 spiro atoms. The first-order chi connectivity index (χ1) is 30.6. The molecule has 4 N–H and O–H groups in total. The van der Waals surface area contributed by atoms with Crippen LogP contribution in [0.5, 0.6) is 0 Å². The summed E-state index contributed by atoms with van der Waals surface area (Å²) in [5.74, 6) is -1.16. The molecule has 0 aliphatic carbocycles. The topological polar surface area (TPSA) is 179 Å². The van der Waals surface area contributed by atoms with Crippen LogP contribution in [-0.4, -0.2) is 97.1 Å². The van der Waals surface area contributed by atoms with Crippen LogP contribution in [0.15, 0.2) is 72.8 Å². The van der Waals surface area contributed by atoms with Crippen molar-refractivity contribution < 1.29 is 38.2 Å². The molecule has 6 atom stereocenters. The lowest BCUT2D eigenvalue weighted by Crippen LogP contribution is -2.54. The number of amides is 6. The molecule has 6 rings (SSSR count). The van der Waals surface area contributed by atoms with Gasteiger partial charge in [-0.15, -0.1) is 0 Å². The van der Waals surface area contributed by atoms with Crippen molar-refractivity contribution in [2.24, 2.45) is 11.8 Å². The third kappa shape index (κ3) is 10.8. The highest BCUT2D eigenvalue weighted by molar-refractivity contribution is 5.99. The zero-order chi connectivity index (χ0) is 46.2. The summed E-state index contributed by atoms with van der Waals surface area (Å²) in [7, 11) is 2.50. The molecule has 0 saturated carbocycles. The number of ether oxygens (including phenoxy) is 2. The molecule has 15 heteroatoms. The molecule has 3 aliphatic heterocycles. The zero-order valence-electron chi connectivity index (χ0n) is 38.4. The molecule has 64 heavy (non-hydrogen) atoms. The van der Waals surface area contributed by atoms with Crippen LogP contribution >= 0.6 is 0 Å². The van der Waals surface area contributed by atoms with Crippen LogP contribution in [0.1, 0.15) is 115 Å². The van der Waals surface area contributed by atoms with Gasteiger partial charge in [-0.05, 0) is 109 Å². The number of carbonyl (C=O) groups is 6. The third-order valence-corrected chi connectivity index (χ3v) is 12.8. The minimum atomic E-state index is -0.812. The van der Waals surface area contributed by atoms with Gasteiger partial charge in [0.2, 0.25) is 23.6 Å². The van der Waals surface area contributed by atoms with Gasteiger partial charge in [-0.2, -0.15) is 0 Å². The number of nitrogens with zero attached hydrogens (tertiary/aromatic N) is 3. The number of anilines is 3. The Morgan fingerprint density at radius 2 is 0.938 bits per heavy atom. The Kier molecular flexibility index (Phi) is 15.6. The van der Waals surface area contributed by atoms with E-state index in [-0.39, 0.29) is 47.5 Å². The van der Waals surface area contributed by atoms with Crippen molar-refractivity contribution in [2.45, 2.75) is 122 Å². The van der Waals surface area contributed by atoms with E-state index in [0.717, 1.165) is 29.7 Å². The Morgan fingerprint density at radius 1 is 0.547 bits per heavy atom. The van der Waals surface area contributed by atoms with Crippen LogP contribution in [-0.2, 0) is 28.7 Å². The van der Waals surface area contributed by atoms with E-state index >= 15 is 0 Å². The van der Waals surface area contributed by atoms with Crippen LogP contribution in [0, 0.1) is 11.8 Å². The molecule has 3 aromatic carbocycles. The van der Waals surface area contributed by atoms with Gasteiger partial charge >= 0.3 is 12.2 Å². The molecule has 3 fully saturated rings. The van der Waals surface area contributed by atoms with Crippen LogP contribution in [0.25, 0.3) is 0 Å². The molecule has 344 valence electrons. The number of nitrogens with one attached hydrogen (secondary N) is 4. The number of likely N-dealkylation sites (tertiary alicyclic amines) is 2. The van der Waals surface area contributed by atoms with Crippen LogP contribution in [0.3, 0.4) is 0 Å². The summed E-state index contributed by atoms with van der Waals surface area (Å²) in [6.07, 6.45) is 2.78. The Morgan fingerprint density at radius 3 is 1.28 bits per heavy atom. The molecule has 3 heterocycles. The van der Waals surface area contributed by atoms with Crippen molar-refractivity contribution in [1.29, 1.82) is 0 Å². The summed E-state index contributed by atoms with van der Waals surface area (Å²) >= 11 is 0. The third-order valence-electron chi connectivity index (χ3n) is 12.8. The van der Waals surface area contributed by atoms with Gasteiger partial charge in [-0.1, -0.05) is 77.9 Å². The second-order valence-electron chi connectivity index (χ2n) is 18.1. The van der Waals surface area contributed by atoms with Gasteiger partial charge in [0, 0.05) is 30.2 Å². The number of methoxy groups -OCH3 is 2. The minimum Gasteiger partial charge on any atom is -0.453 e. The smallest absolute Gasteiger partial charge is 0.407 e. The number of hydrogen-bond acceptors (Lipinski definition) is 9. The Balaban J connectivity index is 1.16. The molecular formula is C49H65N7O8. The molecule has 0 unspecified atom stereocenters. The highest BCUT2D eigenvalue weighted by atomic mass is 16.5. The number of hydrogen-bond donors (Lipinski definition) is 4. The van der Waals surface area contributed by atoms with E-state index in [1.165, 1.54) is 19.8 Å². The molecule has 0 bridgehead atoms. The highest BCUT2D eigenvalue weighted by Crippen LogP contribution is 2.47. The van der Waals surface area contributed by atoms with Gasteiger partial charge in [0.25, 0.3) is 0 Å². The van der Waals surface area contributed by atoms with E-state index in [1.807, 2.05) is 52.0 Å². The fourth-order valence-electron chi connectivity index (χ4n) is 9.25. The lowest BCUT2D eigenvalue weighted by molar-refractivity contribution is -0.139. The maximum absolute atomic E-state index is 13.7. The quantitative estimate of drug-likeness (QED) is 0.128. The molecule has 3 aromatic rings. The Bertz CT molecular complexity index is 2000. The normalized spacial score (nSPS) is 20.6. The second-order valence-corrected chi connectivity index (χ2v) is 18.1. The molecule has 6 amide bonds. The Hall–Kier alpha value is -6.12. The number of benzene rings is 3. The van der Waals surface area contributed by atoms with Crippen molar-refractivity contribution in [2.75, 3.05) is 42.8 Å². The van der Waals surface area contributed by atoms with E-state index in [2.05, 4.69) is 88.5 Å². The molecule has 3 saturated heterocycles. The largest absolute Gasteiger partial charge is 0.453 e. The fraction of sp³-hybridized carbons (Fsp3) is 0.510. The van der Waals surface area contributed by atoms with Crippen molar-refractivity contribution >= 4 is 52.9 Å². The summed E-state index contributed by atoms with van der Waals surface area (Å²) < 4.78 is 9.48. The van der Waals surface area contributed by atoms with Crippen molar-refractivity contribution in [1.82, 2.24) is 20.4 Å². The Labute approximate surface area is 377 Å². The first-order valence-electron chi connectivity index (χ1n) is 22.6. The highest BCUT2D eigenvalue weighted by Gasteiger charge is 2.41. The van der Waals surface area contributed by atoms with E-state index in [9.17, 15) is 28.8 Å². The van der Waals surface area contributed by atoms with Crippen molar-refractivity contribution in [3.8, 4) is 0 Å². The molecule has 0 radical (unpaired) electrons. The summed E-state index contributed by atoms with van der Waals surface area (Å²) in [4.78, 5) is 84.0. The standard InChI is InChI=1S/C49H65N7O8/c1-29(2)32-17-23-37(24-18-32)56-38(33-13-19-35(20-14-33)50-44(57)40-11-9-27-54(40)46(59)42(30(3)4)52-48(61)63-7)25-26-39(56)34-15-21-36(22-16-34)51-45(58)41-12-10-28-55(41)47(60)43(31(5)6)53-49(62)64-8/h13-24,29-31,38-43H,9-12,25-28H2,1-8H3,(H,50,57)(H,51,58)(H,52,61)(H,53,62)/t38-,39-,40+,41+,42+,43+/m1/s1. The molecular weight excluding hydrogens is 815 g/mol. The molecule has 15 nitrogen and oxygen atoms in total. The van der Waals surface area contributed by atoms with E-state index < -0.39 is 36.4 Å². The minimum absolute atomic E-state index is 0.0338. The first kappa shape index (κ1) is 47.4. The van der Waals surface area contributed by atoms with Gasteiger partial charge in [0.15, 0.2) is 0 Å². The SMILES string of the molecule is COC(=O)N[C@H](C(=O)N1CCC[C@H]1C(=O)Nc1ccc([C@H]2CC[C@H](c3ccc(NC(=O)[C@@H]4CCCN4C(=O)[C@@H](NC(=O)OC)C(C)C)cc3)N2c2ccc(C(C)C)cc2)cc1)C(C)C. The maximum Gasteiger partial charge on any atom is 0.407 e. The number of alkyl carbamates (subject to hydrolysis) is 2. The monoisotopic (exact) mass is 879 g/mol. The average molecular weight is 880 g/mol. The number of carbonyl (C=O) groups excluding carboxylic acids is 6. The maximum atomic E-state index is 13.7. The second kappa shape index (κ2) is 21.0. The van der Waals surface area contributed by atoms with Crippen LogP contribution in [0.2, 0.25) is 0 Å². The average Bonchev–Trinajstić information content (AvgIpc) is 4.08. The van der Waals surface area contributed by atoms with Crippen LogP contribution in [0.4, 0.5) is 26.7 Å². The lowest BCUT2D eigenvalue weighted by Gasteiger charge is -2.34. The van der Waals surface area contributed by atoms with Crippen molar-refractivity contribution in [3.63, 3.8) is 0 Å². The molecule has 0 aromatic heterocycles. The lowest BCUT2D eigenvalue weighted by atomic mass is 10.0. The first-order valence-corrected chi connectivity index (χ1v) is 22.6. The van der Waals surface area contributed by atoms with Gasteiger partial charge in [-0.25, -0.2) is 9.59 Å². The van der Waals surface area contributed by atoms with E-state index in [1.54, 1.807) is 9.80 Å². The number of rotatable bonds is 14. The van der Waals surface area contributed by atoms with Gasteiger partial charge < -0.3 is 45.4 Å². The predicted molar refractivity (Wildman–Crippen MR) is 246 cm³/mol. The van der Waals surface area contributed by atoms with Crippen LogP contribution < -0.4 is 26.2 Å². The summed E-state index contributed by atoms with van der Waals surface area (Å²) in [5, 5.41) is 11.3. The van der Waals surface area contributed by atoms with Gasteiger partial charge in [0.1, 0.15) is 24.2 Å². The summed E-state index contributed by atoms with van der Waals surface area (Å²) in [5.41, 5.74) is 5.79. The molecule has 3 aliphatic rings. The zero-order valence-corrected chi connectivity index (χ0v) is 38.4. The van der Waals surface area contributed by atoms with Gasteiger partial charge in [0.05, 0.1) is 26.3 Å². The summed E-state index contributed by atoms with van der Waals surface area (Å²) in [6, 6.07) is 21.7. The van der Waals surface area contributed by atoms with E-state index in [4.69, 9.17) is 9.47 Å². The van der Waals surface area contributed by atoms with Gasteiger partial charge in [-0.3, -0.25) is 19.2 Å². The fourth-order valence-corrected chi connectivity index (χ4v) is 9.25.